The molecule has 0 radical (unpaired) electrons. The Morgan fingerprint density at radius 3 is 2.86 bits per heavy atom. The number of hydrogen-bond acceptors (Lipinski definition) is 3. The summed E-state index contributed by atoms with van der Waals surface area (Å²) < 4.78 is 8.55. The molecule has 1 saturated heterocycles. The molecule has 22 heavy (non-hydrogen) atoms. The molecule has 118 valence electrons. The number of ether oxygens (including phenoxy) is 1. The van der Waals surface area contributed by atoms with E-state index in [9.17, 15) is 0 Å². The lowest BCUT2D eigenvalue weighted by Crippen LogP contribution is -2.56. The fourth-order valence-electron chi connectivity index (χ4n) is 4.22. The highest BCUT2D eigenvalue weighted by Gasteiger charge is 2.43. The molecule has 5 heteroatoms. The van der Waals surface area contributed by atoms with E-state index < -0.39 is 0 Å². The molecule has 1 aliphatic heterocycles. The molecule has 2 aliphatic rings. The normalized spacial score (nSPS) is 27.0. The van der Waals surface area contributed by atoms with Gasteiger partial charge in [-0.3, -0.25) is 4.68 Å². The van der Waals surface area contributed by atoms with Crippen molar-refractivity contribution in [3.05, 3.63) is 22.8 Å². The van der Waals surface area contributed by atoms with Crippen molar-refractivity contribution in [2.45, 2.75) is 32.2 Å². The Labute approximate surface area is 139 Å². The minimum Gasteiger partial charge on any atom is -0.495 e. The van der Waals surface area contributed by atoms with E-state index in [0.29, 0.717) is 17.4 Å². The molecule has 4 rings (SSSR count). The van der Waals surface area contributed by atoms with Crippen LogP contribution < -0.4 is 10.1 Å². The van der Waals surface area contributed by atoms with E-state index in [2.05, 4.69) is 45.1 Å². The van der Waals surface area contributed by atoms with Gasteiger partial charge in [0.2, 0.25) is 0 Å². The maximum absolute atomic E-state index is 5.38. The Balaban J connectivity index is 1.63. The molecule has 1 saturated carbocycles. The Morgan fingerprint density at radius 2 is 2.23 bits per heavy atom. The fourth-order valence-corrected chi connectivity index (χ4v) is 4.75. The van der Waals surface area contributed by atoms with Gasteiger partial charge >= 0.3 is 0 Å². The second kappa shape index (κ2) is 5.24. The lowest BCUT2D eigenvalue weighted by molar-refractivity contribution is 0.0452. The van der Waals surface area contributed by atoms with Crippen LogP contribution in [0.1, 0.15) is 32.2 Å². The van der Waals surface area contributed by atoms with Gasteiger partial charge in [0.05, 0.1) is 23.1 Å². The van der Waals surface area contributed by atoms with E-state index in [1.165, 1.54) is 37.7 Å². The second-order valence-electron chi connectivity index (χ2n) is 7.05. The van der Waals surface area contributed by atoms with Crippen LogP contribution in [0.5, 0.6) is 5.75 Å². The zero-order valence-electron chi connectivity index (χ0n) is 13.1. The first kappa shape index (κ1) is 14.5. The molecule has 0 amide bonds. The Morgan fingerprint density at radius 1 is 1.41 bits per heavy atom. The van der Waals surface area contributed by atoms with Crippen LogP contribution in [0, 0.1) is 11.3 Å². The Bertz CT molecular complexity index is 707. The van der Waals surface area contributed by atoms with Crippen LogP contribution in [-0.4, -0.2) is 30.0 Å². The molecule has 1 aromatic carbocycles. The molecule has 2 fully saturated rings. The topological polar surface area (TPSA) is 39.1 Å². The molecule has 4 nitrogen and oxygen atoms in total. The summed E-state index contributed by atoms with van der Waals surface area (Å²) in [5, 5.41) is 9.45. The third kappa shape index (κ3) is 2.26. The van der Waals surface area contributed by atoms with E-state index in [4.69, 9.17) is 9.84 Å². The number of rotatable bonds is 2. The summed E-state index contributed by atoms with van der Waals surface area (Å²) in [5.74, 6) is 1.52. The summed E-state index contributed by atoms with van der Waals surface area (Å²) in [6.45, 7) is 4.79. The van der Waals surface area contributed by atoms with Crippen LogP contribution in [0.2, 0.25) is 0 Å². The first-order valence-electron chi connectivity index (χ1n) is 8.03. The number of nitrogens with zero attached hydrogens (tertiary/aromatic N) is 2. The summed E-state index contributed by atoms with van der Waals surface area (Å²) in [4.78, 5) is 0. The van der Waals surface area contributed by atoms with Crippen LogP contribution in [-0.2, 0) is 0 Å². The molecule has 1 aliphatic carbocycles. The Hall–Kier alpha value is -1.07. The van der Waals surface area contributed by atoms with Crippen molar-refractivity contribution in [3.63, 3.8) is 0 Å². The molecule has 1 N–H and O–H groups in total. The van der Waals surface area contributed by atoms with Crippen molar-refractivity contribution < 1.29 is 4.74 Å². The smallest absolute Gasteiger partial charge is 0.135 e. The maximum atomic E-state index is 5.38. The third-order valence-corrected chi connectivity index (χ3v) is 6.14. The SMILES string of the molecule is COc1cc2nn([C@@H]3CCC4(CNC4)C[C@@H]3C)cc2cc1Br. The summed E-state index contributed by atoms with van der Waals surface area (Å²) >= 11 is 3.56. The van der Waals surface area contributed by atoms with Crippen molar-refractivity contribution in [2.24, 2.45) is 11.3 Å². The Kier molecular flexibility index (Phi) is 3.46. The molecule has 0 bridgehead atoms. The van der Waals surface area contributed by atoms with Crippen LogP contribution >= 0.6 is 15.9 Å². The third-order valence-electron chi connectivity index (χ3n) is 5.52. The number of hydrogen-bond donors (Lipinski definition) is 1. The first-order valence-corrected chi connectivity index (χ1v) is 8.83. The standard InChI is InChI=1S/C17H22BrN3O/c1-11-7-17(9-19-10-17)4-3-15(11)21-8-12-5-13(18)16(22-2)6-14(12)20-21/h5-6,8,11,15,19H,3-4,7,9-10H2,1-2H3/t11-,15+/m0/s1. The largest absolute Gasteiger partial charge is 0.495 e. The van der Waals surface area contributed by atoms with Crippen molar-refractivity contribution in [3.8, 4) is 5.75 Å². The summed E-state index contributed by atoms with van der Waals surface area (Å²) in [5.41, 5.74) is 1.59. The van der Waals surface area contributed by atoms with Crippen molar-refractivity contribution in [1.29, 1.82) is 0 Å². The second-order valence-corrected chi connectivity index (χ2v) is 7.90. The average Bonchev–Trinajstić information content (AvgIpc) is 2.86. The zero-order valence-corrected chi connectivity index (χ0v) is 14.7. The number of aromatic nitrogens is 2. The van der Waals surface area contributed by atoms with Gasteiger partial charge in [-0.2, -0.15) is 5.10 Å². The monoisotopic (exact) mass is 363 g/mol. The number of fused-ring (bicyclic) bond motifs is 1. The van der Waals surface area contributed by atoms with Crippen LogP contribution in [0.25, 0.3) is 10.9 Å². The fraction of sp³-hybridized carbons (Fsp3) is 0.588. The predicted octanol–water partition coefficient (Wildman–Crippen LogP) is 3.76. The van der Waals surface area contributed by atoms with Gasteiger partial charge < -0.3 is 10.1 Å². The van der Waals surface area contributed by atoms with Gasteiger partial charge in [-0.25, -0.2) is 0 Å². The van der Waals surface area contributed by atoms with Crippen molar-refractivity contribution in [2.75, 3.05) is 20.2 Å². The highest BCUT2D eigenvalue weighted by atomic mass is 79.9. The molecular formula is C17H22BrN3O. The van der Waals surface area contributed by atoms with E-state index in [1.54, 1.807) is 7.11 Å². The lowest BCUT2D eigenvalue weighted by atomic mass is 9.65. The van der Waals surface area contributed by atoms with Gasteiger partial charge in [-0.05, 0) is 52.6 Å². The summed E-state index contributed by atoms with van der Waals surface area (Å²) in [6.07, 6.45) is 6.05. The van der Waals surface area contributed by atoms with Gasteiger partial charge in [-0.1, -0.05) is 6.92 Å². The van der Waals surface area contributed by atoms with E-state index in [0.717, 1.165) is 15.7 Å². The molecule has 1 aromatic heterocycles. The highest BCUT2D eigenvalue weighted by molar-refractivity contribution is 9.10. The quantitative estimate of drug-likeness (QED) is 0.882. The predicted molar refractivity (Wildman–Crippen MR) is 91.3 cm³/mol. The molecule has 2 aromatic rings. The van der Waals surface area contributed by atoms with Gasteiger partial charge in [0, 0.05) is 30.7 Å². The van der Waals surface area contributed by atoms with E-state index in [1.807, 2.05) is 6.07 Å². The number of benzene rings is 1. The van der Waals surface area contributed by atoms with Crippen molar-refractivity contribution >= 4 is 26.8 Å². The average molecular weight is 364 g/mol. The highest BCUT2D eigenvalue weighted by Crippen LogP contribution is 2.46. The molecule has 0 unspecified atom stereocenters. The van der Waals surface area contributed by atoms with Crippen LogP contribution in [0.4, 0.5) is 0 Å². The molecule has 2 heterocycles. The van der Waals surface area contributed by atoms with Gasteiger partial charge in [-0.15, -0.1) is 0 Å². The van der Waals surface area contributed by atoms with E-state index >= 15 is 0 Å². The zero-order chi connectivity index (χ0) is 15.3. The van der Waals surface area contributed by atoms with Crippen LogP contribution in [0.15, 0.2) is 22.8 Å². The van der Waals surface area contributed by atoms with E-state index in [-0.39, 0.29) is 0 Å². The van der Waals surface area contributed by atoms with Gasteiger partial charge in [0.15, 0.2) is 0 Å². The summed E-state index contributed by atoms with van der Waals surface area (Å²) in [6, 6.07) is 4.63. The lowest BCUT2D eigenvalue weighted by Gasteiger charge is -2.50. The maximum Gasteiger partial charge on any atom is 0.135 e. The summed E-state index contributed by atoms with van der Waals surface area (Å²) in [7, 11) is 1.69. The number of halogens is 1. The first-order chi connectivity index (χ1) is 10.6. The van der Waals surface area contributed by atoms with Gasteiger partial charge in [0.25, 0.3) is 0 Å². The van der Waals surface area contributed by atoms with Crippen molar-refractivity contribution in [1.82, 2.24) is 15.1 Å². The minimum atomic E-state index is 0.517. The number of methoxy groups -OCH3 is 1. The molecule has 2 atom stereocenters. The van der Waals surface area contributed by atoms with Crippen LogP contribution in [0.3, 0.4) is 0 Å². The minimum absolute atomic E-state index is 0.517. The molecule has 1 spiro atoms. The van der Waals surface area contributed by atoms with Gasteiger partial charge in [0.1, 0.15) is 5.75 Å². The molecular weight excluding hydrogens is 342 g/mol. The number of nitrogens with one attached hydrogen (secondary N) is 1.